The van der Waals surface area contributed by atoms with Crippen LogP contribution in [-0.4, -0.2) is 6.61 Å². The van der Waals surface area contributed by atoms with Gasteiger partial charge in [-0.3, -0.25) is 0 Å². The summed E-state index contributed by atoms with van der Waals surface area (Å²) >= 11 is 0. The molecule has 0 saturated heterocycles. The molecule has 0 atom stereocenters. The molecule has 0 aliphatic carbocycles. The van der Waals surface area contributed by atoms with Gasteiger partial charge in [0.2, 0.25) is 0 Å². The third-order valence-corrected chi connectivity index (χ3v) is 3.44. The summed E-state index contributed by atoms with van der Waals surface area (Å²) in [7, 11) is 0. The summed E-state index contributed by atoms with van der Waals surface area (Å²) in [5.74, 6) is 0.866. The zero-order valence-corrected chi connectivity index (χ0v) is 13.3. The summed E-state index contributed by atoms with van der Waals surface area (Å²) in [6.45, 7) is 4.74. The quantitative estimate of drug-likeness (QED) is 0.387. The largest absolute Gasteiger partial charge is 0.493 e. The predicted octanol–water partition coefficient (Wildman–Crippen LogP) is 6.25. The van der Waals surface area contributed by atoms with E-state index in [2.05, 4.69) is 26.0 Å². The molecule has 1 aromatic carbocycles. The molecule has 0 heterocycles. The highest BCUT2D eigenvalue weighted by Gasteiger charge is 2.30. The summed E-state index contributed by atoms with van der Waals surface area (Å²) in [5.41, 5.74) is -0.675. The molecule has 0 radical (unpaired) electrons. The molecular formula is C18H25F3O. The van der Waals surface area contributed by atoms with Crippen LogP contribution in [0.2, 0.25) is 0 Å². The lowest BCUT2D eigenvalue weighted by Crippen LogP contribution is -2.05. The molecule has 0 aromatic heterocycles. The van der Waals surface area contributed by atoms with Crippen molar-refractivity contribution >= 4 is 0 Å². The summed E-state index contributed by atoms with van der Waals surface area (Å²) in [4.78, 5) is 0. The van der Waals surface area contributed by atoms with Crippen LogP contribution in [0.4, 0.5) is 13.2 Å². The molecule has 1 nitrogen and oxygen atoms in total. The minimum atomic E-state index is -4.33. The minimum Gasteiger partial charge on any atom is -0.493 e. The molecule has 0 aliphatic heterocycles. The maximum atomic E-state index is 12.6. The second kappa shape index (κ2) is 9.54. The molecule has 22 heavy (non-hydrogen) atoms. The Morgan fingerprint density at radius 2 is 1.82 bits per heavy atom. The minimum absolute atomic E-state index is 0.266. The fourth-order valence-corrected chi connectivity index (χ4v) is 2.37. The normalized spacial score (nSPS) is 12.3. The first kappa shape index (κ1) is 18.6. The van der Waals surface area contributed by atoms with Crippen molar-refractivity contribution in [3.63, 3.8) is 0 Å². The number of benzene rings is 1. The monoisotopic (exact) mass is 314 g/mol. The van der Waals surface area contributed by atoms with Crippen LogP contribution in [0.5, 0.6) is 5.75 Å². The van der Waals surface area contributed by atoms with Crippen LogP contribution in [0, 0.1) is 5.92 Å². The molecule has 1 rings (SSSR count). The van der Waals surface area contributed by atoms with E-state index in [-0.39, 0.29) is 5.75 Å². The van der Waals surface area contributed by atoms with E-state index in [1.165, 1.54) is 18.9 Å². The lowest BCUT2D eigenvalue weighted by atomic mass is 9.98. The molecule has 124 valence electrons. The van der Waals surface area contributed by atoms with E-state index >= 15 is 0 Å². The molecule has 0 unspecified atom stereocenters. The highest BCUT2D eigenvalue weighted by Crippen LogP contribution is 2.31. The highest BCUT2D eigenvalue weighted by molar-refractivity contribution is 5.30. The van der Waals surface area contributed by atoms with Crippen molar-refractivity contribution < 1.29 is 17.9 Å². The van der Waals surface area contributed by atoms with Gasteiger partial charge in [0.15, 0.2) is 0 Å². The van der Waals surface area contributed by atoms with Crippen LogP contribution >= 0.6 is 0 Å². The average molecular weight is 314 g/mol. The lowest BCUT2D eigenvalue weighted by Gasteiger charge is -2.10. The zero-order valence-electron chi connectivity index (χ0n) is 13.3. The molecule has 4 heteroatoms. The molecule has 0 amide bonds. The fourth-order valence-electron chi connectivity index (χ4n) is 2.37. The summed E-state index contributed by atoms with van der Waals surface area (Å²) < 4.78 is 43.1. The van der Waals surface area contributed by atoms with E-state index in [0.717, 1.165) is 25.0 Å². The van der Waals surface area contributed by atoms with Gasteiger partial charge in [-0.15, -0.1) is 0 Å². The van der Waals surface area contributed by atoms with Gasteiger partial charge in [-0.2, -0.15) is 13.2 Å². The molecule has 1 aromatic rings. The van der Waals surface area contributed by atoms with Gasteiger partial charge in [-0.05, 0) is 43.4 Å². The third kappa shape index (κ3) is 7.01. The van der Waals surface area contributed by atoms with Crippen molar-refractivity contribution in [2.24, 2.45) is 5.92 Å². The summed E-state index contributed by atoms with van der Waals surface area (Å²) in [6, 6.07) is 5.01. The summed E-state index contributed by atoms with van der Waals surface area (Å²) in [5, 5.41) is 0. The first-order valence-electron chi connectivity index (χ1n) is 7.94. The van der Waals surface area contributed by atoms with E-state index in [1.807, 2.05) is 0 Å². The van der Waals surface area contributed by atoms with Crippen molar-refractivity contribution in [1.29, 1.82) is 0 Å². The molecular weight excluding hydrogens is 289 g/mol. The van der Waals surface area contributed by atoms with Gasteiger partial charge < -0.3 is 4.74 Å². The number of hydrogen-bond donors (Lipinski definition) is 0. The van der Waals surface area contributed by atoms with Gasteiger partial charge in [0.25, 0.3) is 0 Å². The lowest BCUT2D eigenvalue weighted by molar-refractivity contribution is -0.137. The first-order chi connectivity index (χ1) is 10.5. The Morgan fingerprint density at radius 1 is 1.14 bits per heavy atom. The van der Waals surface area contributed by atoms with Crippen molar-refractivity contribution in [2.75, 3.05) is 6.61 Å². The Morgan fingerprint density at radius 3 is 2.41 bits per heavy atom. The number of rotatable bonds is 9. The standard InChI is InChI=1S/C18H25F3O/c1-3-8-15(9-4-2)10-5-6-13-22-17-12-7-11-16(14-17)18(19,20)21/h5,7,10-12,14-15H,3-4,6,8-9,13H2,1-2H3/b10-5+. The van der Waals surface area contributed by atoms with Crippen LogP contribution in [0.15, 0.2) is 36.4 Å². The Labute approximate surface area is 131 Å². The zero-order chi connectivity index (χ0) is 16.4. The van der Waals surface area contributed by atoms with Crippen molar-refractivity contribution in [3.05, 3.63) is 42.0 Å². The number of halogens is 3. The third-order valence-electron chi connectivity index (χ3n) is 3.44. The average Bonchev–Trinajstić information content (AvgIpc) is 2.47. The topological polar surface area (TPSA) is 9.23 Å². The van der Waals surface area contributed by atoms with Crippen LogP contribution in [-0.2, 0) is 6.18 Å². The Balaban J connectivity index is 2.41. The van der Waals surface area contributed by atoms with E-state index in [9.17, 15) is 13.2 Å². The van der Waals surface area contributed by atoms with Gasteiger partial charge in [0.05, 0.1) is 12.2 Å². The number of hydrogen-bond acceptors (Lipinski definition) is 1. The van der Waals surface area contributed by atoms with Gasteiger partial charge >= 0.3 is 6.18 Å². The summed E-state index contributed by atoms with van der Waals surface area (Å²) in [6.07, 6.45) is 5.35. The second-order valence-electron chi connectivity index (χ2n) is 5.43. The predicted molar refractivity (Wildman–Crippen MR) is 84.0 cm³/mol. The highest BCUT2D eigenvalue weighted by atomic mass is 19.4. The van der Waals surface area contributed by atoms with Crippen molar-refractivity contribution in [3.8, 4) is 5.75 Å². The number of alkyl halides is 3. The Kier molecular flexibility index (Phi) is 8.07. The maximum Gasteiger partial charge on any atom is 0.416 e. The second-order valence-corrected chi connectivity index (χ2v) is 5.43. The van der Waals surface area contributed by atoms with Crippen LogP contribution in [0.3, 0.4) is 0 Å². The smallest absolute Gasteiger partial charge is 0.416 e. The Hall–Kier alpha value is -1.45. The van der Waals surface area contributed by atoms with Gasteiger partial charge in [0.1, 0.15) is 5.75 Å². The Bertz CT molecular complexity index is 446. The van der Waals surface area contributed by atoms with E-state index in [0.29, 0.717) is 18.9 Å². The van der Waals surface area contributed by atoms with E-state index < -0.39 is 11.7 Å². The number of allylic oxidation sites excluding steroid dienone is 1. The van der Waals surface area contributed by atoms with Crippen LogP contribution in [0.1, 0.15) is 51.5 Å². The van der Waals surface area contributed by atoms with Crippen LogP contribution in [0.25, 0.3) is 0 Å². The molecule has 0 fully saturated rings. The van der Waals surface area contributed by atoms with Gasteiger partial charge in [-0.1, -0.05) is 44.9 Å². The molecule has 0 spiro atoms. The molecule has 0 bridgehead atoms. The molecule has 0 saturated carbocycles. The van der Waals surface area contributed by atoms with E-state index in [4.69, 9.17) is 4.74 Å². The molecule has 0 aliphatic rings. The fraction of sp³-hybridized carbons (Fsp3) is 0.556. The van der Waals surface area contributed by atoms with E-state index in [1.54, 1.807) is 6.07 Å². The maximum absolute atomic E-state index is 12.6. The van der Waals surface area contributed by atoms with Crippen LogP contribution < -0.4 is 4.74 Å². The van der Waals surface area contributed by atoms with Gasteiger partial charge in [0, 0.05) is 0 Å². The number of ether oxygens (including phenoxy) is 1. The van der Waals surface area contributed by atoms with Gasteiger partial charge in [-0.25, -0.2) is 0 Å². The van der Waals surface area contributed by atoms with Crippen molar-refractivity contribution in [1.82, 2.24) is 0 Å². The van der Waals surface area contributed by atoms with Crippen molar-refractivity contribution in [2.45, 2.75) is 52.1 Å². The SMILES string of the molecule is CCCC(/C=C/CCOc1cccc(C(F)(F)F)c1)CCC. The first-order valence-corrected chi connectivity index (χ1v) is 7.94. The molecule has 0 N–H and O–H groups in total.